The van der Waals surface area contributed by atoms with E-state index in [0.717, 1.165) is 11.1 Å². The molecule has 0 bridgehead atoms. The molecule has 3 rings (SSSR count). The highest BCUT2D eigenvalue weighted by molar-refractivity contribution is 7.99. The minimum Gasteiger partial charge on any atom is -0.478 e. The van der Waals surface area contributed by atoms with Gasteiger partial charge in [-0.15, -0.1) is 5.10 Å². The molecule has 0 saturated heterocycles. The van der Waals surface area contributed by atoms with E-state index in [1.165, 1.54) is 23.9 Å². The highest BCUT2D eigenvalue weighted by atomic mass is 32.2. The quantitative estimate of drug-likeness (QED) is 0.577. The smallest absolute Gasteiger partial charge is 0.335 e. The van der Waals surface area contributed by atoms with Crippen molar-refractivity contribution in [3.63, 3.8) is 0 Å². The molecular formula is C18H16N4O3S. The second kappa shape index (κ2) is 7.83. The summed E-state index contributed by atoms with van der Waals surface area (Å²) in [4.78, 5) is 27.4. The molecule has 0 atom stereocenters. The lowest BCUT2D eigenvalue weighted by molar-refractivity contribution is -0.113. The summed E-state index contributed by atoms with van der Waals surface area (Å²) < 4.78 is 0. The molecule has 0 saturated carbocycles. The number of H-pyrrole nitrogens is 1. The van der Waals surface area contributed by atoms with Crippen LogP contribution in [0.1, 0.15) is 15.9 Å². The van der Waals surface area contributed by atoms with Crippen LogP contribution in [0.4, 0.5) is 5.69 Å². The monoisotopic (exact) mass is 368 g/mol. The molecule has 1 aromatic heterocycles. The first kappa shape index (κ1) is 17.7. The van der Waals surface area contributed by atoms with Gasteiger partial charge in [0.25, 0.3) is 0 Å². The number of rotatable bonds is 6. The second-order valence-electron chi connectivity index (χ2n) is 5.50. The maximum Gasteiger partial charge on any atom is 0.335 e. The van der Waals surface area contributed by atoms with Gasteiger partial charge >= 0.3 is 5.97 Å². The predicted octanol–water partition coefficient (Wildman–Crippen LogP) is 3.21. The molecule has 3 N–H and O–H groups in total. The number of hydrogen-bond donors (Lipinski definition) is 3. The second-order valence-corrected chi connectivity index (χ2v) is 6.45. The van der Waals surface area contributed by atoms with Gasteiger partial charge in [-0.25, -0.2) is 9.78 Å². The lowest BCUT2D eigenvalue weighted by Gasteiger charge is -2.05. The Kier molecular flexibility index (Phi) is 5.33. The van der Waals surface area contributed by atoms with Gasteiger partial charge in [-0.05, 0) is 30.7 Å². The molecule has 132 valence electrons. The summed E-state index contributed by atoms with van der Waals surface area (Å²) in [5.74, 6) is -0.539. The molecule has 3 aromatic rings. The van der Waals surface area contributed by atoms with Crippen molar-refractivity contribution in [2.75, 3.05) is 11.1 Å². The summed E-state index contributed by atoms with van der Waals surface area (Å²) in [5, 5.41) is 19.1. The minimum absolute atomic E-state index is 0.113. The fraction of sp³-hybridized carbons (Fsp3) is 0.111. The van der Waals surface area contributed by atoms with Crippen molar-refractivity contribution in [3.8, 4) is 11.4 Å². The maximum atomic E-state index is 12.1. The topological polar surface area (TPSA) is 108 Å². The average molecular weight is 368 g/mol. The van der Waals surface area contributed by atoms with E-state index in [1.54, 1.807) is 12.1 Å². The first-order valence-corrected chi connectivity index (χ1v) is 8.76. The zero-order chi connectivity index (χ0) is 18.5. The number of benzene rings is 2. The number of aryl methyl sites for hydroxylation is 1. The van der Waals surface area contributed by atoms with Crippen molar-refractivity contribution in [1.29, 1.82) is 0 Å². The maximum absolute atomic E-state index is 12.1. The third-order valence-electron chi connectivity index (χ3n) is 3.59. The van der Waals surface area contributed by atoms with Crippen molar-refractivity contribution >= 4 is 29.3 Å². The largest absolute Gasteiger partial charge is 0.478 e. The summed E-state index contributed by atoms with van der Waals surface area (Å²) >= 11 is 1.20. The Morgan fingerprint density at radius 2 is 2.00 bits per heavy atom. The summed E-state index contributed by atoms with van der Waals surface area (Å²) in [5.41, 5.74) is 2.59. The number of aromatic nitrogens is 3. The number of carboxylic acid groups (broad SMARTS) is 1. The van der Waals surface area contributed by atoms with E-state index < -0.39 is 5.97 Å². The Balaban J connectivity index is 1.59. The summed E-state index contributed by atoms with van der Waals surface area (Å²) in [6, 6.07) is 13.9. The molecule has 0 aliphatic heterocycles. The molecule has 2 aromatic carbocycles. The highest BCUT2D eigenvalue weighted by Gasteiger charge is 2.11. The van der Waals surface area contributed by atoms with Crippen LogP contribution in [0, 0.1) is 6.92 Å². The van der Waals surface area contributed by atoms with Crippen LogP contribution in [-0.2, 0) is 4.79 Å². The van der Waals surface area contributed by atoms with Crippen LogP contribution in [0.3, 0.4) is 0 Å². The Morgan fingerprint density at radius 1 is 1.19 bits per heavy atom. The Bertz CT molecular complexity index is 955. The van der Waals surface area contributed by atoms with Gasteiger partial charge in [0.1, 0.15) is 0 Å². The van der Waals surface area contributed by atoms with Gasteiger partial charge in [0.2, 0.25) is 11.1 Å². The van der Waals surface area contributed by atoms with E-state index >= 15 is 0 Å². The number of hydrogen-bond acceptors (Lipinski definition) is 5. The number of aromatic carboxylic acids is 1. The molecule has 0 fully saturated rings. The summed E-state index contributed by atoms with van der Waals surface area (Å²) in [7, 11) is 0. The number of amides is 1. The van der Waals surface area contributed by atoms with E-state index in [1.807, 2.05) is 31.2 Å². The van der Waals surface area contributed by atoms with Gasteiger partial charge in [0.05, 0.1) is 11.3 Å². The number of nitrogens with one attached hydrogen (secondary N) is 2. The van der Waals surface area contributed by atoms with Crippen LogP contribution in [0.25, 0.3) is 11.4 Å². The number of aromatic amines is 1. The first-order valence-electron chi connectivity index (χ1n) is 7.77. The third-order valence-corrected chi connectivity index (χ3v) is 4.44. The zero-order valence-corrected chi connectivity index (χ0v) is 14.7. The van der Waals surface area contributed by atoms with Crippen LogP contribution in [0.2, 0.25) is 0 Å². The third kappa shape index (κ3) is 4.28. The van der Waals surface area contributed by atoms with Crippen molar-refractivity contribution in [2.45, 2.75) is 12.1 Å². The first-order chi connectivity index (χ1) is 12.5. The lowest BCUT2D eigenvalue weighted by Crippen LogP contribution is -2.14. The SMILES string of the molecule is Cc1ccccc1-c1nc(SCC(=O)Nc2cccc(C(=O)O)c2)n[nH]1. The van der Waals surface area contributed by atoms with Crippen LogP contribution in [0.15, 0.2) is 53.7 Å². The zero-order valence-electron chi connectivity index (χ0n) is 13.9. The van der Waals surface area contributed by atoms with Crippen molar-refractivity contribution in [3.05, 3.63) is 59.7 Å². The molecule has 1 heterocycles. The Hall–Kier alpha value is -3.13. The molecular weight excluding hydrogens is 352 g/mol. The summed E-state index contributed by atoms with van der Waals surface area (Å²) in [6.45, 7) is 1.99. The molecule has 0 aliphatic rings. The molecule has 0 aliphatic carbocycles. The fourth-order valence-corrected chi connectivity index (χ4v) is 2.93. The number of carbonyl (C=O) groups excluding carboxylic acids is 1. The molecule has 0 spiro atoms. The molecule has 1 amide bonds. The van der Waals surface area contributed by atoms with E-state index in [-0.39, 0.29) is 17.2 Å². The molecule has 7 nitrogen and oxygen atoms in total. The number of carboxylic acids is 1. The Labute approximate surface area is 153 Å². The number of carbonyl (C=O) groups is 2. The van der Waals surface area contributed by atoms with Gasteiger partial charge in [0, 0.05) is 11.3 Å². The van der Waals surface area contributed by atoms with E-state index in [9.17, 15) is 9.59 Å². The van der Waals surface area contributed by atoms with Gasteiger partial charge in [0.15, 0.2) is 5.82 Å². The van der Waals surface area contributed by atoms with E-state index in [2.05, 4.69) is 20.5 Å². The number of thioether (sulfide) groups is 1. The Morgan fingerprint density at radius 3 is 2.77 bits per heavy atom. The minimum atomic E-state index is -1.04. The standard InChI is InChI=1S/C18H16N4O3S/c1-11-5-2-3-8-14(11)16-20-18(22-21-16)26-10-15(23)19-13-7-4-6-12(9-13)17(24)25/h2-9H,10H2,1H3,(H,19,23)(H,24,25)(H,20,21,22). The predicted molar refractivity (Wildman–Crippen MR) is 99.3 cm³/mol. The van der Waals surface area contributed by atoms with Crippen LogP contribution < -0.4 is 5.32 Å². The fourth-order valence-electron chi connectivity index (χ4n) is 2.33. The molecule has 26 heavy (non-hydrogen) atoms. The number of nitrogens with zero attached hydrogens (tertiary/aromatic N) is 2. The van der Waals surface area contributed by atoms with Gasteiger partial charge in [-0.3, -0.25) is 9.89 Å². The normalized spacial score (nSPS) is 10.5. The van der Waals surface area contributed by atoms with Crippen LogP contribution in [-0.4, -0.2) is 37.9 Å². The average Bonchev–Trinajstić information content (AvgIpc) is 3.09. The van der Waals surface area contributed by atoms with E-state index in [0.29, 0.717) is 16.7 Å². The van der Waals surface area contributed by atoms with Gasteiger partial charge < -0.3 is 10.4 Å². The van der Waals surface area contributed by atoms with E-state index in [4.69, 9.17) is 5.11 Å². The lowest BCUT2D eigenvalue weighted by atomic mass is 10.1. The van der Waals surface area contributed by atoms with Crippen molar-refractivity contribution in [1.82, 2.24) is 15.2 Å². The highest BCUT2D eigenvalue weighted by Crippen LogP contribution is 2.22. The van der Waals surface area contributed by atoms with Crippen LogP contribution >= 0.6 is 11.8 Å². The van der Waals surface area contributed by atoms with Gasteiger partial charge in [-0.2, -0.15) is 0 Å². The van der Waals surface area contributed by atoms with Crippen molar-refractivity contribution in [2.24, 2.45) is 0 Å². The molecule has 8 heteroatoms. The van der Waals surface area contributed by atoms with Crippen molar-refractivity contribution < 1.29 is 14.7 Å². The molecule has 0 radical (unpaired) electrons. The number of anilines is 1. The van der Waals surface area contributed by atoms with Gasteiger partial charge in [-0.1, -0.05) is 42.1 Å². The molecule has 0 unspecified atom stereocenters. The summed E-state index contributed by atoms with van der Waals surface area (Å²) in [6.07, 6.45) is 0. The van der Waals surface area contributed by atoms with Crippen LogP contribution in [0.5, 0.6) is 0 Å².